The largest absolute Gasteiger partial charge is 0.314 e. The van der Waals surface area contributed by atoms with Gasteiger partial charge in [0.1, 0.15) is 0 Å². The van der Waals surface area contributed by atoms with Crippen LogP contribution in [-0.2, 0) is 0 Å². The molecule has 0 spiro atoms. The van der Waals surface area contributed by atoms with Crippen molar-refractivity contribution in [3.8, 4) is 0 Å². The number of nitrogens with one attached hydrogen (secondary N) is 1. The summed E-state index contributed by atoms with van der Waals surface area (Å²) in [5.41, 5.74) is 0. The maximum atomic E-state index is 3.66. The van der Waals surface area contributed by atoms with Crippen molar-refractivity contribution >= 4 is 0 Å². The molecule has 0 saturated heterocycles. The highest BCUT2D eigenvalue weighted by atomic mass is 15.1. The van der Waals surface area contributed by atoms with Crippen molar-refractivity contribution < 1.29 is 0 Å². The number of hydrogen-bond acceptors (Lipinski definition) is 2. The SMILES string of the molecule is CCNC1CCCC1CN(C)C(C)C1CC1. The lowest BCUT2D eigenvalue weighted by Crippen LogP contribution is -2.41. The van der Waals surface area contributed by atoms with E-state index in [0.717, 1.165) is 30.5 Å². The van der Waals surface area contributed by atoms with E-state index >= 15 is 0 Å². The van der Waals surface area contributed by atoms with E-state index in [0.29, 0.717) is 0 Å². The number of hydrogen-bond donors (Lipinski definition) is 1. The molecule has 0 bridgehead atoms. The summed E-state index contributed by atoms with van der Waals surface area (Å²) in [7, 11) is 2.32. The fourth-order valence-corrected chi connectivity index (χ4v) is 3.26. The van der Waals surface area contributed by atoms with Crippen molar-refractivity contribution in [2.45, 2.75) is 58.0 Å². The van der Waals surface area contributed by atoms with Crippen LogP contribution in [0.2, 0.25) is 0 Å². The maximum absolute atomic E-state index is 3.66. The summed E-state index contributed by atoms with van der Waals surface area (Å²) in [4.78, 5) is 2.61. The second kappa shape index (κ2) is 5.50. The Balaban J connectivity index is 1.78. The molecule has 94 valence electrons. The molecule has 2 aliphatic carbocycles. The zero-order chi connectivity index (χ0) is 11.5. The zero-order valence-corrected chi connectivity index (χ0v) is 11.2. The first-order valence-electron chi connectivity index (χ1n) is 7.16. The van der Waals surface area contributed by atoms with Crippen molar-refractivity contribution in [2.24, 2.45) is 11.8 Å². The monoisotopic (exact) mass is 224 g/mol. The molecule has 0 radical (unpaired) electrons. The van der Waals surface area contributed by atoms with Gasteiger partial charge in [-0.15, -0.1) is 0 Å². The van der Waals surface area contributed by atoms with Crippen LogP contribution in [0.25, 0.3) is 0 Å². The minimum atomic E-state index is 0.791. The molecule has 3 atom stereocenters. The van der Waals surface area contributed by atoms with Crippen LogP contribution < -0.4 is 5.32 Å². The van der Waals surface area contributed by atoms with Gasteiger partial charge in [-0.2, -0.15) is 0 Å². The minimum absolute atomic E-state index is 0.791. The third-order valence-electron chi connectivity index (χ3n) is 4.65. The fraction of sp³-hybridized carbons (Fsp3) is 1.00. The van der Waals surface area contributed by atoms with Gasteiger partial charge in [0.05, 0.1) is 0 Å². The molecule has 0 aromatic heterocycles. The quantitative estimate of drug-likeness (QED) is 0.746. The molecule has 2 heteroatoms. The second-order valence-electron chi connectivity index (χ2n) is 5.87. The Morgan fingerprint density at radius 2 is 2.00 bits per heavy atom. The molecule has 3 unspecified atom stereocenters. The smallest absolute Gasteiger partial charge is 0.0107 e. The van der Waals surface area contributed by atoms with Crippen molar-refractivity contribution in [3.63, 3.8) is 0 Å². The van der Waals surface area contributed by atoms with Crippen molar-refractivity contribution in [1.82, 2.24) is 10.2 Å². The average Bonchev–Trinajstić information content (AvgIpc) is 3.03. The molecule has 2 rings (SSSR count). The lowest BCUT2D eigenvalue weighted by molar-refractivity contribution is 0.187. The summed E-state index contributed by atoms with van der Waals surface area (Å²) in [6, 6.07) is 1.60. The summed E-state index contributed by atoms with van der Waals surface area (Å²) in [6.07, 6.45) is 7.18. The molecular formula is C14H28N2. The third-order valence-corrected chi connectivity index (χ3v) is 4.65. The molecule has 0 amide bonds. The molecule has 0 aromatic carbocycles. The number of rotatable bonds is 6. The fourth-order valence-electron chi connectivity index (χ4n) is 3.26. The van der Waals surface area contributed by atoms with Gasteiger partial charge in [-0.1, -0.05) is 13.3 Å². The highest BCUT2D eigenvalue weighted by molar-refractivity contribution is 4.88. The Hall–Kier alpha value is -0.0800. The van der Waals surface area contributed by atoms with Crippen LogP contribution in [0.1, 0.15) is 46.0 Å². The Labute approximate surface area is 101 Å². The Morgan fingerprint density at radius 3 is 2.62 bits per heavy atom. The van der Waals surface area contributed by atoms with Crippen LogP contribution in [0.15, 0.2) is 0 Å². The Morgan fingerprint density at radius 1 is 1.25 bits per heavy atom. The summed E-state index contributed by atoms with van der Waals surface area (Å²) < 4.78 is 0. The van der Waals surface area contributed by atoms with Gasteiger partial charge in [-0.25, -0.2) is 0 Å². The lowest BCUT2D eigenvalue weighted by atomic mass is 10.0. The molecule has 2 saturated carbocycles. The number of nitrogens with zero attached hydrogens (tertiary/aromatic N) is 1. The van der Waals surface area contributed by atoms with Gasteiger partial charge in [0, 0.05) is 18.6 Å². The van der Waals surface area contributed by atoms with E-state index in [1.54, 1.807) is 0 Å². The summed E-state index contributed by atoms with van der Waals surface area (Å²) in [6.45, 7) is 7.07. The van der Waals surface area contributed by atoms with Crippen LogP contribution in [0.4, 0.5) is 0 Å². The van der Waals surface area contributed by atoms with Gasteiger partial charge in [0.25, 0.3) is 0 Å². The third kappa shape index (κ3) is 2.98. The van der Waals surface area contributed by atoms with Crippen molar-refractivity contribution in [1.29, 1.82) is 0 Å². The van der Waals surface area contributed by atoms with Crippen molar-refractivity contribution in [3.05, 3.63) is 0 Å². The molecule has 0 aromatic rings. The molecule has 1 N–H and O–H groups in total. The summed E-state index contributed by atoms with van der Waals surface area (Å²) in [5, 5.41) is 3.66. The normalized spacial score (nSPS) is 32.2. The standard InChI is InChI=1S/C14H28N2/c1-4-15-14-7-5-6-13(14)10-16(3)11(2)12-8-9-12/h11-15H,4-10H2,1-3H3. The van der Waals surface area contributed by atoms with Crippen LogP contribution in [0.3, 0.4) is 0 Å². The zero-order valence-electron chi connectivity index (χ0n) is 11.2. The van der Waals surface area contributed by atoms with E-state index in [2.05, 4.69) is 31.1 Å². The van der Waals surface area contributed by atoms with E-state index in [4.69, 9.17) is 0 Å². The average molecular weight is 224 g/mol. The highest BCUT2D eigenvalue weighted by Gasteiger charge is 2.33. The first kappa shape index (κ1) is 12.4. The van der Waals surface area contributed by atoms with E-state index in [1.807, 2.05) is 0 Å². The van der Waals surface area contributed by atoms with Crippen molar-refractivity contribution in [2.75, 3.05) is 20.1 Å². The first-order valence-corrected chi connectivity index (χ1v) is 7.16. The molecule has 2 nitrogen and oxygen atoms in total. The van der Waals surface area contributed by atoms with Gasteiger partial charge in [0.2, 0.25) is 0 Å². The van der Waals surface area contributed by atoms with Gasteiger partial charge in [0.15, 0.2) is 0 Å². The molecule has 0 heterocycles. The predicted octanol–water partition coefficient (Wildman–Crippen LogP) is 2.49. The summed E-state index contributed by atoms with van der Waals surface area (Å²) >= 11 is 0. The molecule has 16 heavy (non-hydrogen) atoms. The van der Waals surface area contributed by atoms with E-state index < -0.39 is 0 Å². The van der Waals surface area contributed by atoms with Gasteiger partial charge in [-0.3, -0.25) is 0 Å². The molecule has 2 fully saturated rings. The van der Waals surface area contributed by atoms with Crippen LogP contribution >= 0.6 is 0 Å². The van der Waals surface area contributed by atoms with Crippen LogP contribution in [0, 0.1) is 11.8 Å². The topological polar surface area (TPSA) is 15.3 Å². The molecular weight excluding hydrogens is 196 g/mol. The Bertz CT molecular complexity index is 213. The van der Waals surface area contributed by atoms with E-state index in [1.165, 1.54) is 38.6 Å². The van der Waals surface area contributed by atoms with Gasteiger partial charge in [-0.05, 0) is 58.0 Å². The Kier molecular flexibility index (Phi) is 4.26. The summed E-state index contributed by atoms with van der Waals surface area (Å²) in [5.74, 6) is 1.90. The predicted molar refractivity (Wildman–Crippen MR) is 69.6 cm³/mol. The van der Waals surface area contributed by atoms with Crippen LogP contribution in [-0.4, -0.2) is 37.1 Å². The van der Waals surface area contributed by atoms with E-state index in [9.17, 15) is 0 Å². The molecule has 0 aliphatic heterocycles. The van der Waals surface area contributed by atoms with Crippen LogP contribution in [0.5, 0.6) is 0 Å². The highest BCUT2D eigenvalue weighted by Crippen LogP contribution is 2.35. The van der Waals surface area contributed by atoms with Gasteiger partial charge < -0.3 is 10.2 Å². The molecule has 2 aliphatic rings. The van der Waals surface area contributed by atoms with Gasteiger partial charge >= 0.3 is 0 Å². The van der Waals surface area contributed by atoms with E-state index in [-0.39, 0.29) is 0 Å². The first-order chi connectivity index (χ1) is 7.72. The lowest BCUT2D eigenvalue weighted by Gasteiger charge is -2.30. The second-order valence-corrected chi connectivity index (χ2v) is 5.87. The minimum Gasteiger partial charge on any atom is -0.314 e. The maximum Gasteiger partial charge on any atom is 0.0107 e.